The molecule has 0 radical (unpaired) electrons. The van der Waals surface area contributed by atoms with Crippen LogP contribution in [0, 0.1) is 13.8 Å². The Labute approximate surface area is 115 Å². The van der Waals surface area contributed by atoms with Crippen LogP contribution in [0.3, 0.4) is 0 Å². The van der Waals surface area contributed by atoms with Crippen molar-refractivity contribution >= 4 is 11.3 Å². The first-order chi connectivity index (χ1) is 9.17. The minimum absolute atomic E-state index is 0.856. The lowest BCUT2D eigenvalue weighted by Crippen LogP contribution is -1.98. The number of allylic oxidation sites excluding steroid dienone is 2. The first kappa shape index (κ1) is 13.9. The summed E-state index contributed by atoms with van der Waals surface area (Å²) in [6, 6.07) is 6.52. The average molecular weight is 257 g/mol. The SMILES string of the molecule is CCCCC1=C(c2ccc(C)c(C)c2)/C(=N/O)CC1. The van der Waals surface area contributed by atoms with Crippen molar-refractivity contribution in [3.05, 3.63) is 40.5 Å². The molecule has 2 rings (SSSR count). The maximum atomic E-state index is 9.22. The first-order valence-corrected chi connectivity index (χ1v) is 7.18. The van der Waals surface area contributed by atoms with Crippen LogP contribution in [0.4, 0.5) is 0 Å². The summed E-state index contributed by atoms with van der Waals surface area (Å²) in [5.41, 5.74) is 7.31. The predicted octanol–water partition coefficient (Wildman–Crippen LogP) is 4.87. The third kappa shape index (κ3) is 2.89. The Morgan fingerprint density at radius 1 is 1.16 bits per heavy atom. The van der Waals surface area contributed by atoms with E-state index in [0.717, 1.165) is 25.0 Å². The number of benzene rings is 1. The van der Waals surface area contributed by atoms with Crippen molar-refractivity contribution in [3.63, 3.8) is 0 Å². The van der Waals surface area contributed by atoms with Crippen molar-refractivity contribution in [2.24, 2.45) is 5.16 Å². The highest BCUT2D eigenvalue weighted by atomic mass is 16.4. The van der Waals surface area contributed by atoms with E-state index in [-0.39, 0.29) is 0 Å². The Kier molecular flexibility index (Phi) is 4.41. The van der Waals surface area contributed by atoms with Gasteiger partial charge in [0, 0.05) is 5.57 Å². The van der Waals surface area contributed by atoms with E-state index in [4.69, 9.17) is 0 Å². The molecule has 0 atom stereocenters. The summed E-state index contributed by atoms with van der Waals surface area (Å²) in [5.74, 6) is 0. The number of aryl methyl sites for hydroxylation is 2. The standard InChI is InChI=1S/C17H23NO/c1-4-5-6-14-9-10-16(18-19)17(14)15-8-7-12(2)13(3)11-15/h7-8,11,19H,4-6,9-10H2,1-3H3/b18-16+. The van der Waals surface area contributed by atoms with Crippen molar-refractivity contribution in [2.45, 2.75) is 52.9 Å². The van der Waals surface area contributed by atoms with Gasteiger partial charge < -0.3 is 5.21 Å². The fraction of sp³-hybridized carbons (Fsp3) is 0.471. The minimum atomic E-state index is 0.856. The van der Waals surface area contributed by atoms with Gasteiger partial charge >= 0.3 is 0 Å². The monoisotopic (exact) mass is 257 g/mol. The lowest BCUT2D eigenvalue weighted by Gasteiger charge is -2.10. The second-order valence-corrected chi connectivity index (χ2v) is 5.43. The summed E-state index contributed by atoms with van der Waals surface area (Å²) in [6.45, 7) is 6.48. The van der Waals surface area contributed by atoms with Gasteiger partial charge in [0.2, 0.25) is 0 Å². The van der Waals surface area contributed by atoms with Crippen LogP contribution < -0.4 is 0 Å². The van der Waals surface area contributed by atoms with Crippen molar-refractivity contribution in [1.82, 2.24) is 0 Å². The lowest BCUT2D eigenvalue weighted by molar-refractivity contribution is 0.319. The van der Waals surface area contributed by atoms with Gasteiger partial charge in [-0.25, -0.2) is 0 Å². The number of hydrogen-bond acceptors (Lipinski definition) is 2. The Bertz CT molecular complexity index is 526. The van der Waals surface area contributed by atoms with Crippen LogP contribution in [0.15, 0.2) is 28.9 Å². The van der Waals surface area contributed by atoms with Crippen LogP contribution in [0.25, 0.3) is 5.57 Å². The summed E-state index contributed by atoms with van der Waals surface area (Å²) in [7, 11) is 0. The quantitative estimate of drug-likeness (QED) is 0.605. The Hall–Kier alpha value is -1.57. The predicted molar refractivity (Wildman–Crippen MR) is 80.8 cm³/mol. The van der Waals surface area contributed by atoms with Gasteiger partial charge in [-0.3, -0.25) is 0 Å². The molecule has 0 unspecified atom stereocenters. The largest absolute Gasteiger partial charge is 0.411 e. The van der Waals surface area contributed by atoms with Gasteiger partial charge in [-0.15, -0.1) is 0 Å². The van der Waals surface area contributed by atoms with Gasteiger partial charge in [-0.2, -0.15) is 0 Å². The van der Waals surface area contributed by atoms with Gasteiger partial charge in [0.05, 0.1) is 5.71 Å². The van der Waals surface area contributed by atoms with Crippen LogP contribution in [0.1, 0.15) is 55.7 Å². The first-order valence-electron chi connectivity index (χ1n) is 7.18. The van der Waals surface area contributed by atoms with Crippen LogP contribution in [-0.2, 0) is 0 Å². The second-order valence-electron chi connectivity index (χ2n) is 5.43. The van der Waals surface area contributed by atoms with Gasteiger partial charge in [0.1, 0.15) is 0 Å². The van der Waals surface area contributed by atoms with Crippen LogP contribution in [0.5, 0.6) is 0 Å². The van der Waals surface area contributed by atoms with Crippen LogP contribution >= 0.6 is 0 Å². The average Bonchev–Trinajstić information content (AvgIpc) is 2.82. The number of nitrogens with zero attached hydrogens (tertiary/aromatic N) is 1. The molecule has 0 heterocycles. The molecule has 0 aromatic heterocycles. The molecule has 2 heteroatoms. The fourth-order valence-corrected chi connectivity index (χ4v) is 2.73. The van der Waals surface area contributed by atoms with Crippen LogP contribution in [0.2, 0.25) is 0 Å². The van der Waals surface area contributed by atoms with Crippen LogP contribution in [-0.4, -0.2) is 10.9 Å². The van der Waals surface area contributed by atoms with Crippen molar-refractivity contribution in [1.29, 1.82) is 0 Å². The summed E-state index contributed by atoms with van der Waals surface area (Å²) in [5, 5.41) is 12.7. The van der Waals surface area contributed by atoms with Gasteiger partial charge in [-0.1, -0.05) is 42.3 Å². The van der Waals surface area contributed by atoms with E-state index in [1.807, 2.05) is 0 Å². The Morgan fingerprint density at radius 3 is 2.58 bits per heavy atom. The smallest absolute Gasteiger partial charge is 0.0876 e. The second kappa shape index (κ2) is 6.05. The zero-order valence-corrected chi connectivity index (χ0v) is 12.2. The molecule has 1 aliphatic rings. The molecule has 0 aliphatic heterocycles. The topological polar surface area (TPSA) is 32.6 Å². The highest BCUT2D eigenvalue weighted by molar-refractivity contribution is 6.26. The molecule has 0 saturated carbocycles. The molecule has 1 aromatic carbocycles. The number of unbranched alkanes of at least 4 members (excludes halogenated alkanes) is 1. The molecule has 0 bridgehead atoms. The molecule has 0 spiro atoms. The number of hydrogen-bond donors (Lipinski definition) is 1. The van der Waals surface area contributed by atoms with E-state index in [1.165, 1.54) is 40.7 Å². The zero-order valence-electron chi connectivity index (χ0n) is 12.2. The fourth-order valence-electron chi connectivity index (χ4n) is 2.73. The van der Waals surface area contributed by atoms with E-state index in [9.17, 15) is 5.21 Å². The maximum Gasteiger partial charge on any atom is 0.0876 e. The van der Waals surface area contributed by atoms with E-state index >= 15 is 0 Å². The Balaban J connectivity index is 2.43. The molecule has 0 amide bonds. The summed E-state index contributed by atoms with van der Waals surface area (Å²) < 4.78 is 0. The molecule has 102 valence electrons. The number of oxime groups is 1. The van der Waals surface area contributed by atoms with Crippen molar-refractivity contribution < 1.29 is 5.21 Å². The van der Waals surface area contributed by atoms with E-state index < -0.39 is 0 Å². The highest BCUT2D eigenvalue weighted by Crippen LogP contribution is 2.35. The lowest BCUT2D eigenvalue weighted by atomic mass is 9.95. The summed E-state index contributed by atoms with van der Waals surface area (Å²) in [4.78, 5) is 0. The molecule has 0 saturated heterocycles. The summed E-state index contributed by atoms with van der Waals surface area (Å²) in [6.07, 6.45) is 5.45. The third-order valence-electron chi connectivity index (χ3n) is 4.05. The van der Waals surface area contributed by atoms with Gasteiger partial charge in [0.25, 0.3) is 0 Å². The van der Waals surface area contributed by atoms with Crippen molar-refractivity contribution in [2.75, 3.05) is 0 Å². The minimum Gasteiger partial charge on any atom is -0.411 e. The molecular weight excluding hydrogens is 234 g/mol. The van der Waals surface area contributed by atoms with Crippen molar-refractivity contribution in [3.8, 4) is 0 Å². The third-order valence-corrected chi connectivity index (χ3v) is 4.05. The molecule has 1 aromatic rings. The zero-order chi connectivity index (χ0) is 13.8. The molecular formula is C17H23NO. The highest BCUT2D eigenvalue weighted by Gasteiger charge is 2.22. The van der Waals surface area contributed by atoms with Gasteiger partial charge in [-0.05, 0) is 56.2 Å². The van der Waals surface area contributed by atoms with E-state index in [2.05, 4.69) is 44.1 Å². The van der Waals surface area contributed by atoms with E-state index in [0.29, 0.717) is 0 Å². The summed E-state index contributed by atoms with van der Waals surface area (Å²) >= 11 is 0. The Morgan fingerprint density at radius 2 is 1.95 bits per heavy atom. The van der Waals surface area contributed by atoms with E-state index in [1.54, 1.807) is 0 Å². The molecule has 19 heavy (non-hydrogen) atoms. The molecule has 2 nitrogen and oxygen atoms in total. The normalized spacial score (nSPS) is 17.5. The molecule has 1 N–H and O–H groups in total. The number of rotatable bonds is 4. The molecule has 0 fully saturated rings. The maximum absolute atomic E-state index is 9.22. The van der Waals surface area contributed by atoms with Gasteiger partial charge in [0.15, 0.2) is 0 Å². The molecule has 1 aliphatic carbocycles.